The molecule has 2 rings (SSSR count). The van der Waals surface area contributed by atoms with Crippen molar-refractivity contribution in [2.24, 2.45) is 21.4 Å². The third-order valence-electron chi connectivity index (χ3n) is 5.48. The molecule has 130 valence electrons. The highest BCUT2D eigenvalue weighted by Crippen LogP contribution is 2.40. The van der Waals surface area contributed by atoms with Crippen molar-refractivity contribution < 1.29 is 4.39 Å². The normalized spacial score (nSPS) is 29.8. The quantitative estimate of drug-likeness (QED) is 0.611. The molecule has 23 heavy (non-hydrogen) atoms. The average molecular weight is 322 g/mol. The first-order valence-electron chi connectivity index (χ1n) is 8.95. The van der Waals surface area contributed by atoms with Crippen LogP contribution in [-0.4, -0.2) is 36.8 Å². The maximum Gasteiger partial charge on any atom is 0.163 e. The monoisotopic (exact) mass is 322 g/mol. The Kier molecular flexibility index (Phi) is 6.60. The first-order valence-corrected chi connectivity index (χ1v) is 8.95. The van der Waals surface area contributed by atoms with Crippen molar-refractivity contribution in [2.75, 3.05) is 19.6 Å². The Balaban J connectivity index is 1.91. The number of nitrogens with one attached hydrogen (secondary N) is 1. The summed E-state index contributed by atoms with van der Waals surface area (Å²) in [5.41, 5.74) is 0.193. The van der Waals surface area contributed by atoms with E-state index in [9.17, 15) is 4.39 Å². The molecule has 1 saturated carbocycles. The fraction of sp³-hybridized carbons (Fsp3) is 0.778. The third kappa shape index (κ3) is 5.33. The second kappa shape index (κ2) is 8.46. The van der Waals surface area contributed by atoms with Crippen LogP contribution < -0.4 is 5.32 Å². The van der Waals surface area contributed by atoms with Crippen LogP contribution in [0.5, 0.6) is 0 Å². The van der Waals surface area contributed by atoms with Gasteiger partial charge in [-0.15, -0.1) is 0 Å². The molecular weight excluding hydrogens is 291 g/mol. The summed E-state index contributed by atoms with van der Waals surface area (Å²) in [6.45, 7) is 10.6. The van der Waals surface area contributed by atoms with Gasteiger partial charge in [-0.2, -0.15) is 5.10 Å². The van der Waals surface area contributed by atoms with Gasteiger partial charge in [-0.1, -0.05) is 39.7 Å². The van der Waals surface area contributed by atoms with E-state index >= 15 is 0 Å². The standard InChI is InChI=1S/C18H31FN4/c1-15-9-5-6-10-18(15,3)13-20-17(16(2)19)21-14-22-23-11-7-4-8-12-23/h14-15H,2,4-13H2,1,3H3,(H,20,21,22). The molecule has 5 heteroatoms. The molecule has 2 atom stereocenters. The molecule has 1 aliphatic carbocycles. The van der Waals surface area contributed by atoms with E-state index < -0.39 is 5.83 Å². The summed E-state index contributed by atoms with van der Waals surface area (Å²) in [6, 6.07) is 0. The highest BCUT2D eigenvalue weighted by molar-refractivity contribution is 5.99. The summed E-state index contributed by atoms with van der Waals surface area (Å²) >= 11 is 0. The number of nitrogens with zero attached hydrogens (tertiary/aromatic N) is 3. The lowest BCUT2D eigenvalue weighted by atomic mass is 9.68. The van der Waals surface area contributed by atoms with Crippen LogP contribution in [0, 0.1) is 11.3 Å². The number of aliphatic imine (C=N–C) groups is 1. The number of hydrazone groups is 1. The fourth-order valence-electron chi connectivity index (χ4n) is 3.48. The van der Waals surface area contributed by atoms with E-state index in [2.05, 4.69) is 35.8 Å². The van der Waals surface area contributed by atoms with Gasteiger partial charge in [0.05, 0.1) is 0 Å². The average Bonchev–Trinajstić information content (AvgIpc) is 2.54. The van der Waals surface area contributed by atoms with Crippen molar-refractivity contribution in [3.63, 3.8) is 0 Å². The van der Waals surface area contributed by atoms with Crippen LogP contribution in [0.3, 0.4) is 0 Å². The van der Waals surface area contributed by atoms with Crippen LogP contribution >= 0.6 is 0 Å². The van der Waals surface area contributed by atoms with Gasteiger partial charge < -0.3 is 5.32 Å². The zero-order chi connectivity index (χ0) is 16.7. The van der Waals surface area contributed by atoms with Crippen molar-refractivity contribution in [2.45, 2.75) is 58.8 Å². The molecule has 1 N–H and O–H groups in total. The predicted octanol–water partition coefficient (Wildman–Crippen LogP) is 4.10. The van der Waals surface area contributed by atoms with E-state index in [1.54, 1.807) is 0 Å². The van der Waals surface area contributed by atoms with Crippen LogP contribution in [-0.2, 0) is 0 Å². The Bertz CT molecular complexity index is 454. The van der Waals surface area contributed by atoms with Crippen molar-refractivity contribution in [1.29, 1.82) is 0 Å². The molecule has 1 heterocycles. The molecule has 2 aliphatic rings. The lowest BCUT2D eigenvalue weighted by Gasteiger charge is -2.40. The smallest absolute Gasteiger partial charge is 0.163 e. The Hall–Kier alpha value is -1.39. The molecule has 2 fully saturated rings. The Labute approximate surface area is 139 Å². The van der Waals surface area contributed by atoms with Crippen LogP contribution in [0.1, 0.15) is 58.8 Å². The lowest BCUT2D eigenvalue weighted by Crippen LogP contribution is -2.41. The van der Waals surface area contributed by atoms with Gasteiger partial charge in [-0.3, -0.25) is 5.01 Å². The van der Waals surface area contributed by atoms with E-state index in [0.717, 1.165) is 32.5 Å². The van der Waals surface area contributed by atoms with Gasteiger partial charge in [-0.25, -0.2) is 9.38 Å². The topological polar surface area (TPSA) is 40.0 Å². The van der Waals surface area contributed by atoms with Gasteiger partial charge in [-0.05, 0) is 37.0 Å². The van der Waals surface area contributed by atoms with E-state index in [1.165, 1.54) is 38.4 Å². The fourth-order valence-corrected chi connectivity index (χ4v) is 3.48. The molecule has 0 spiro atoms. The third-order valence-corrected chi connectivity index (χ3v) is 5.48. The van der Waals surface area contributed by atoms with Crippen LogP contribution in [0.2, 0.25) is 0 Å². The molecule has 1 saturated heterocycles. The predicted molar refractivity (Wildman–Crippen MR) is 95.3 cm³/mol. The number of hydrogen-bond donors (Lipinski definition) is 1. The molecular formula is C18H31FN4. The van der Waals surface area contributed by atoms with Gasteiger partial charge in [0.2, 0.25) is 0 Å². The first-order chi connectivity index (χ1) is 11.0. The highest BCUT2D eigenvalue weighted by atomic mass is 19.1. The molecule has 0 aromatic heterocycles. The number of rotatable bonds is 5. The van der Waals surface area contributed by atoms with E-state index in [1.807, 2.05) is 5.01 Å². The Morgan fingerprint density at radius 2 is 2.04 bits per heavy atom. The van der Waals surface area contributed by atoms with Crippen LogP contribution in [0.4, 0.5) is 4.39 Å². The minimum atomic E-state index is -0.526. The van der Waals surface area contributed by atoms with Gasteiger partial charge in [0.1, 0.15) is 6.34 Å². The number of piperidine rings is 1. The zero-order valence-corrected chi connectivity index (χ0v) is 14.7. The molecule has 1 aliphatic heterocycles. The Morgan fingerprint density at radius 1 is 1.30 bits per heavy atom. The highest BCUT2D eigenvalue weighted by Gasteiger charge is 2.33. The summed E-state index contributed by atoms with van der Waals surface area (Å²) < 4.78 is 13.6. The molecule has 0 bridgehead atoms. The van der Waals surface area contributed by atoms with E-state index in [0.29, 0.717) is 5.92 Å². The van der Waals surface area contributed by atoms with Gasteiger partial charge in [0, 0.05) is 19.6 Å². The van der Waals surface area contributed by atoms with Crippen molar-refractivity contribution in [1.82, 2.24) is 10.3 Å². The second-order valence-corrected chi connectivity index (χ2v) is 7.28. The lowest BCUT2D eigenvalue weighted by molar-refractivity contribution is 0.134. The summed E-state index contributed by atoms with van der Waals surface area (Å²) in [7, 11) is 0. The molecule has 2 unspecified atom stereocenters. The number of halogens is 1. The van der Waals surface area contributed by atoms with Crippen LogP contribution in [0.15, 0.2) is 22.5 Å². The summed E-state index contributed by atoms with van der Waals surface area (Å²) in [5, 5.41) is 9.46. The van der Waals surface area contributed by atoms with Crippen LogP contribution in [0.25, 0.3) is 0 Å². The van der Waals surface area contributed by atoms with Crippen molar-refractivity contribution in [3.8, 4) is 0 Å². The van der Waals surface area contributed by atoms with Crippen molar-refractivity contribution >= 4 is 12.2 Å². The molecule has 0 amide bonds. The van der Waals surface area contributed by atoms with Gasteiger partial charge >= 0.3 is 0 Å². The summed E-state index contributed by atoms with van der Waals surface area (Å²) in [6.07, 6.45) is 10.0. The van der Waals surface area contributed by atoms with E-state index in [4.69, 9.17) is 0 Å². The second-order valence-electron chi connectivity index (χ2n) is 7.28. The SMILES string of the molecule is C=C(F)/C(=N\C=N/N1CCCCC1)NCC1(C)CCCCC1C. The van der Waals surface area contributed by atoms with Gasteiger partial charge in [0.15, 0.2) is 11.7 Å². The molecule has 0 aromatic carbocycles. The zero-order valence-electron chi connectivity index (χ0n) is 14.7. The minimum absolute atomic E-state index is 0.193. The maximum absolute atomic E-state index is 13.6. The first kappa shape index (κ1) is 18.0. The maximum atomic E-state index is 13.6. The minimum Gasteiger partial charge on any atom is -0.367 e. The largest absolute Gasteiger partial charge is 0.367 e. The molecule has 0 aromatic rings. The summed E-state index contributed by atoms with van der Waals surface area (Å²) in [4.78, 5) is 4.16. The van der Waals surface area contributed by atoms with E-state index in [-0.39, 0.29) is 11.3 Å². The molecule has 0 radical (unpaired) electrons. The number of amidine groups is 1. The van der Waals surface area contributed by atoms with Crippen molar-refractivity contribution in [3.05, 3.63) is 12.4 Å². The molecule has 4 nitrogen and oxygen atoms in total. The number of hydrogen-bond acceptors (Lipinski definition) is 2. The summed E-state index contributed by atoms with van der Waals surface area (Å²) in [5.74, 6) is 0.326. The van der Waals surface area contributed by atoms with Gasteiger partial charge in [0.25, 0.3) is 0 Å². The Morgan fingerprint density at radius 3 is 2.70 bits per heavy atom.